The Kier molecular flexibility index (Phi) is 3.73. The maximum absolute atomic E-state index is 13.2. The molecule has 120 valence electrons. The smallest absolute Gasteiger partial charge is 0.161 e. The van der Waals surface area contributed by atoms with Gasteiger partial charge in [-0.15, -0.1) is 0 Å². The number of nitrogens with zero attached hydrogens (tertiary/aromatic N) is 3. The standard InChI is InChI=1S/C19H16FN3S/c1-12-17-18(14-6-4-3-5-7-14)24-13(2)21-19(17)23(22-12)16-10-8-15(20)9-11-16/h3-11,18H,1-2H3/t18-/m0/s1. The summed E-state index contributed by atoms with van der Waals surface area (Å²) >= 11 is 1.74. The molecule has 3 aromatic rings. The Morgan fingerprint density at radius 1 is 1.00 bits per heavy atom. The minimum Gasteiger partial charge on any atom is -0.227 e. The molecule has 0 N–H and O–H groups in total. The van der Waals surface area contributed by atoms with Crippen LogP contribution in [0.15, 0.2) is 59.6 Å². The van der Waals surface area contributed by atoms with Crippen LogP contribution < -0.4 is 0 Å². The van der Waals surface area contributed by atoms with Gasteiger partial charge in [-0.3, -0.25) is 0 Å². The van der Waals surface area contributed by atoms with Crippen LogP contribution in [0, 0.1) is 12.7 Å². The number of halogens is 1. The monoisotopic (exact) mass is 337 g/mol. The highest BCUT2D eigenvalue weighted by atomic mass is 32.2. The van der Waals surface area contributed by atoms with Gasteiger partial charge in [-0.25, -0.2) is 14.1 Å². The van der Waals surface area contributed by atoms with Crippen molar-refractivity contribution in [3.8, 4) is 5.69 Å². The fraction of sp³-hybridized carbons (Fsp3) is 0.158. The lowest BCUT2D eigenvalue weighted by atomic mass is 10.0. The first kappa shape index (κ1) is 15.1. The summed E-state index contributed by atoms with van der Waals surface area (Å²) < 4.78 is 15.0. The summed E-state index contributed by atoms with van der Waals surface area (Å²) in [6.45, 7) is 4.02. The lowest BCUT2D eigenvalue weighted by Crippen LogP contribution is -2.06. The Bertz CT molecular complexity index is 914. The van der Waals surface area contributed by atoms with E-state index in [0.717, 1.165) is 27.8 Å². The predicted molar refractivity (Wildman–Crippen MR) is 96.9 cm³/mol. The molecule has 0 aliphatic carbocycles. The molecular weight excluding hydrogens is 321 g/mol. The van der Waals surface area contributed by atoms with E-state index in [1.54, 1.807) is 23.9 Å². The van der Waals surface area contributed by atoms with Crippen molar-refractivity contribution in [1.82, 2.24) is 9.78 Å². The summed E-state index contributed by atoms with van der Waals surface area (Å²) in [5, 5.41) is 5.85. The highest BCUT2D eigenvalue weighted by Crippen LogP contribution is 2.47. The fourth-order valence-corrected chi connectivity index (χ4v) is 4.14. The maximum atomic E-state index is 13.2. The second-order valence-corrected chi connectivity index (χ2v) is 7.05. The fourth-order valence-electron chi connectivity index (χ4n) is 2.97. The molecule has 2 aromatic carbocycles. The van der Waals surface area contributed by atoms with Gasteiger partial charge < -0.3 is 0 Å². The Balaban J connectivity index is 1.89. The quantitative estimate of drug-likeness (QED) is 0.643. The summed E-state index contributed by atoms with van der Waals surface area (Å²) in [6, 6.07) is 16.7. The molecule has 3 nitrogen and oxygen atoms in total. The van der Waals surface area contributed by atoms with Crippen LogP contribution in [0.2, 0.25) is 0 Å². The molecule has 0 fully saturated rings. The Labute approximate surface area is 144 Å². The van der Waals surface area contributed by atoms with Crippen molar-refractivity contribution in [3.63, 3.8) is 0 Å². The highest BCUT2D eigenvalue weighted by Gasteiger charge is 2.29. The molecule has 1 aromatic heterocycles. The van der Waals surface area contributed by atoms with Crippen molar-refractivity contribution in [2.75, 3.05) is 0 Å². The van der Waals surface area contributed by atoms with Crippen LogP contribution >= 0.6 is 11.8 Å². The molecule has 4 rings (SSSR count). The molecule has 24 heavy (non-hydrogen) atoms. The third-order valence-electron chi connectivity index (χ3n) is 4.07. The van der Waals surface area contributed by atoms with Crippen molar-refractivity contribution < 1.29 is 4.39 Å². The topological polar surface area (TPSA) is 30.2 Å². The SMILES string of the molecule is CC1=Nc2c(c(C)nn2-c2ccc(F)cc2)[C@H](c2ccccc2)S1. The number of benzene rings is 2. The molecule has 0 bridgehead atoms. The van der Waals surface area contributed by atoms with Crippen LogP contribution in [0.4, 0.5) is 10.2 Å². The van der Waals surface area contributed by atoms with Gasteiger partial charge in [-0.05, 0) is 43.7 Å². The molecular formula is C19H16FN3S. The second kappa shape index (κ2) is 5.91. The van der Waals surface area contributed by atoms with Crippen LogP contribution in [0.5, 0.6) is 0 Å². The molecule has 0 spiro atoms. The zero-order chi connectivity index (χ0) is 16.7. The van der Waals surface area contributed by atoms with Crippen LogP contribution in [-0.4, -0.2) is 14.8 Å². The summed E-state index contributed by atoms with van der Waals surface area (Å²) in [5.74, 6) is 0.582. The Morgan fingerprint density at radius 3 is 2.42 bits per heavy atom. The zero-order valence-corrected chi connectivity index (χ0v) is 14.2. The summed E-state index contributed by atoms with van der Waals surface area (Å²) in [4.78, 5) is 4.73. The van der Waals surface area contributed by atoms with E-state index in [9.17, 15) is 4.39 Å². The number of hydrogen-bond acceptors (Lipinski definition) is 3. The number of hydrogen-bond donors (Lipinski definition) is 0. The van der Waals surface area contributed by atoms with Crippen LogP contribution in [0.1, 0.15) is 29.0 Å². The van der Waals surface area contributed by atoms with Gasteiger partial charge in [0, 0.05) is 5.56 Å². The first-order chi connectivity index (χ1) is 11.6. The maximum Gasteiger partial charge on any atom is 0.161 e. The van der Waals surface area contributed by atoms with Crippen molar-refractivity contribution in [3.05, 3.63) is 77.2 Å². The van der Waals surface area contributed by atoms with Gasteiger partial charge in [-0.1, -0.05) is 42.1 Å². The molecule has 0 unspecified atom stereocenters. The molecule has 1 aliphatic rings. The summed E-state index contributed by atoms with van der Waals surface area (Å²) in [6.07, 6.45) is 0. The van der Waals surface area contributed by atoms with E-state index in [2.05, 4.69) is 29.4 Å². The lowest BCUT2D eigenvalue weighted by molar-refractivity contribution is 0.627. The zero-order valence-electron chi connectivity index (χ0n) is 13.4. The molecule has 2 heterocycles. The first-order valence-corrected chi connectivity index (χ1v) is 8.64. The van der Waals surface area contributed by atoms with Crippen LogP contribution in [0.3, 0.4) is 0 Å². The van der Waals surface area contributed by atoms with Gasteiger partial charge in [0.1, 0.15) is 5.82 Å². The number of fused-ring (bicyclic) bond motifs is 1. The number of aliphatic imine (C=N–C) groups is 1. The van der Waals surface area contributed by atoms with Crippen molar-refractivity contribution in [2.45, 2.75) is 19.1 Å². The van der Waals surface area contributed by atoms with Crippen molar-refractivity contribution in [2.24, 2.45) is 4.99 Å². The first-order valence-electron chi connectivity index (χ1n) is 7.76. The number of rotatable bonds is 2. The van der Waals surface area contributed by atoms with E-state index >= 15 is 0 Å². The van der Waals surface area contributed by atoms with Gasteiger partial charge in [0.25, 0.3) is 0 Å². The minimum absolute atomic E-state index is 0.174. The largest absolute Gasteiger partial charge is 0.227 e. The third-order valence-corrected chi connectivity index (χ3v) is 5.24. The molecule has 1 atom stereocenters. The van der Waals surface area contributed by atoms with E-state index in [-0.39, 0.29) is 11.1 Å². The normalized spacial score (nSPS) is 16.6. The van der Waals surface area contributed by atoms with E-state index in [4.69, 9.17) is 4.99 Å². The van der Waals surface area contributed by atoms with Gasteiger partial charge in [0.2, 0.25) is 0 Å². The summed E-state index contributed by atoms with van der Waals surface area (Å²) in [5.41, 5.74) is 4.13. The molecule has 0 radical (unpaired) electrons. The molecule has 0 saturated carbocycles. The Morgan fingerprint density at radius 2 is 1.71 bits per heavy atom. The second-order valence-electron chi connectivity index (χ2n) is 5.75. The van der Waals surface area contributed by atoms with Gasteiger partial charge in [-0.2, -0.15) is 5.10 Å². The van der Waals surface area contributed by atoms with E-state index < -0.39 is 0 Å². The highest BCUT2D eigenvalue weighted by molar-refractivity contribution is 8.14. The van der Waals surface area contributed by atoms with Crippen LogP contribution in [0.25, 0.3) is 5.69 Å². The van der Waals surface area contributed by atoms with E-state index in [1.807, 2.05) is 24.6 Å². The predicted octanol–water partition coefficient (Wildman–Crippen LogP) is 5.21. The minimum atomic E-state index is -0.256. The van der Waals surface area contributed by atoms with Crippen molar-refractivity contribution >= 4 is 22.6 Å². The average molecular weight is 337 g/mol. The van der Waals surface area contributed by atoms with Crippen LogP contribution in [-0.2, 0) is 0 Å². The molecule has 0 amide bonds. The summed E-state index contributed by atoms with van der Waals surface area (Å²) in [7, 11) is 0. The molecule has 0 saturated heterocycles. The molecule has 1 aliphatic heterocycles. The van der Waals surface area contributed by atoms with Crippen molar-refractivity contribution in [1.29, 1.82) is 0 Å². The molecule has 5 heteroatoms. The number of aromatic nitrogens is 2. The number of thioether (sulfide) groups is 1. The van der Waals surface area contributed by atoms with E-state index in [0.29, 0.717) is 0 Å². The number of aryl methyl sites for hydroxylation is 1. The third kappa shape index (κ3) is 2.55. The Hall–Kier alpha value is -2.40. The van der Waals surface area contributed by atoms with E-state index in [1.165, 1.54) is 17.7 Å². The average Bonchev–Trinajstić information content (AvgIpc) is 2.92. The van der Waals surface area contributed by atoms with Gasteiger partial charge in [0.15, 0.2) is 5.82 Å². The van der Waals surface area contributed by atoms with Gasteiger partial charge in [0.05, 0.1) is 21.7 Å². The lowest BCUT2D eigenvalue weighted by Gasteiger charge is -2.22. The van der Waals surface area contributed by atoms with Gasteiger partial charge >= 0.3 is 0 Å².